The normalized spacial score (nSPS) is 15.0. The van der Waals surface area contributed by atoms with E-state index in [0.29, 0.717) is 17.0 Å². The second kappa shape index (κ2) is 15.9. The highest BCUT2D eigenvalue weighted by Crippen LogP contribution is 2.45. The minimum atomic E-state index is -3.55. The molecular formula is C33H38F3N5O5. The molecule has 0 saturated carbocycles. The number of nitrogens with zero attached hydrogens (tertiary/aromatic N) is 4. The monoisotopic (exact) mass is 641 g/mol. The van der Waals surface area contributed by atoms with Crippen molar-refractivity contribution in [1.29, 1.82) is 0 Å². The first-order valence-electron chi connectivity index (χ1n) is 14.2. The number of hydrogen-bond acceptors (Lipinski definition) is 9. The summed E-state index contributed by atoms with van der Waals surface area (Å²) >= 11 is 0. The van der Waals surface area contributed by atoms with Gasteiger partial charge in [-0.05, 0) is 29.8 Å². The van der Waals surface area contributed by atoms with Gasteiger partial charge >= 0.3 is 0 Å². The van der Waals surface area contributed by atoms with E-state index in [9.17, 15) is 4.79 Å². The van der Waals surface area contributed by atoms with Gasteiger partial charge in [-0.25, -0.2) is 13.2 Å². The molecular weight excluding hydrogens is 603 g/mol. The Morgan fingerprint density at radius 2 is 1.67 bits per heavy atom. The molecule has 0 bridgehead atoms. The van der Waals surface area contributed by atoms with Crippen LogP contribution >= 0.6 is 0 Å². The molecule has 1 amide bonds. The lowest BCUT2D eigenvalue weighted by atomic mass is 9.97. The van der Waals surface area contributed by atoms with Crippen molar-refractivity contribution in [3.05, 3.63) is 77.6 Å². The second-order valence-corrected chi connectivity index (χ2v) is 10.7. The van der Waals surface area contributed by atoms with Gasteiger partial charge < -0.3 is 29.4 Å². The average molecular weight is 642 g/mol. The van der Waals surface area contributed by atoms with Crippen LogP contribution in [0.3, 0.4) is 0 Å². The van der Waals surface area contributed by atoms with Crippen molar-refractivity contribution in [2.75, 3.05) is 12.0 Å². The Bertz CT molecular complexity index is 1590. The Labute approximate surface area is 265 Å². The number of halogens is 3. The second-order valence-electron chi connectivity index (χ2n) is 10.7. The van der Waals surface area contributed by atoms with E-state index in [1.54, 1.807) is 31.5 Å². The van der Waals surface area contributed by atoms with E-state index in [1.807, 2.05) is 66.4 Å². The van der Waals surface area contributed by atoms with Crippen molar-refractivity contribution in [2.24, 2.45) is 5.73 Å². The van der Waals surface area contributed by atoms with Crippen LogP contribution in [0.1, 0.15) is 58.1 Å². The number of methoxy groups -OCH3 is 1. The zero-order valence-corrected chi connectivity index (χ0v) is 26.6. The van der Waals surface area contributed by atoms with E-state index >= 15 is 13.2 Å². The van der Waals surface area contributed by atoms with Crippen LogP contribution < -0.4 is 15.4 Å². The van der Waals surface area contributed by atoms with Crippen molar-refractivity contribution in [1.82, 2.24) is 15.2 Å². The highest BCUT2D eigenvalue weighted by Gasteiger charge is 2.45. The molecule has 1 unspecified atom stereocenters. The smallest absolute Gasteiger partial charge is 0.277 e. The quantitative estimate of drug-likeness (QED) is 0.267. The first kappa shape index (κ1) is 37.3. The number of anilines is 1. The third kappa shape index (κ3) is 8.21. The minimum Gasteiger partial charge on any atom is -0.495 e. The van der Waals surface area contributed by atoms with Crippen LogP contribution in [0.2, 0.25) is 0 Å². The fourth-order valence-electron chi connectivity index (χ4n) is 4.47. The number of fused-ring (bicyclic) bond motifs is 1. The van der Waals surface area contributed by atoms with Crippen LogP contribution in [0.5, 0.6) is 5.75 Å². The number of carbonyl (C=O) groups excluding carboxylic acids is 3. The molecule has 0 saturated heterocycles. The third-order valence-corrected chi connectivity index (χ3v) is 6.69. The van der Waals surface area contributed by atoms with E-state index in [4.69, 9.17) is 24.5 Å². The number of amides is 1. The van der Waals surface area contributed by atoms with E-state index in [1.165, 1.54) is 0 Å². The first-order chi connectivity index (χ1) is 21.9. The van der Waals surface area contributed by atoms with Gasteiger partial charge in [0.2, 0.25) is 11.8 Å². The fourth-order valence-corrected chi connectivity index (χ4v) is 4.47. The molecule has 5 rings (SSSR count). The molecule has 0 aliphatic carbocycles. The van der Waals surface area contributed by atoms with Gasteiger partial charge in [-0.2, -0.15) is 0 Å². The summed E-state index contributed by atoms with van der Waals surface area (Å²) in [5.74, 6) is -4.53. The maximum atomic E-state index is 15.3. The summed E-state index contributed by atoms with van der Waals surface area (Å²) in [6.07, 6.45) is 0.646. The van der Waals surface area contributed by atoms with Crippen LogP contribution in [0.15, 0.2) is 59.1 Å². The lowest BCUT2D eigenvalue weighted by Gasteiger charge is -2.25. The van der Waals surface area contributed by atoms with Crippen LogP contribution in [-0.2, 0) is 32.3 Å². The molecule has 3 heterocycles. The number of pyridine rings is 1. The highest BCUT2D eigenvalue weighted by atomic mass is 19.3. The number of aromatic nitrogens is 3. The highest BCUT2D eigenvalue weighted by molar-refractivity contribution is 5.99. The molecule has 10 nitrogen and oxygen atoms in total. The van der Waals surface area contributed by atoms with E-state index < -0.39 is 41.1 Å². The van der Waals surface area contributed by atoms with Crippen LogP contribution in [0.25, 0.3) is 22.7 Å². The molecule has 46 heavy (non-hydrogen) atoms. The number of benzene rings is 2. The van der Waals surface area contributed by atoms with E-state index in [2.05, 4.69) is 15.2 Å². The van der Waals surface area contributed by atoms with Gasteiger partial charge in [0.15, 0.2) is 0 Å². The van der Waals surface area contributed by atoms with Crippen molar-refractivity contribution in [3.63, 3.8) is 0 Å². The topological polar surface area (TPSA) is 142 Å². The summed E-state index contributed by atoms with van der Waals surface area (Å²) in [4.78, 5) is 34.8. The molecule has 246 valence electrons. The number of hydrogen-bond donors (Lipinski definition) is 1. The molecule has 2 N–H and O–H groups in total. The summed E-state index contributed by atoms with van der Waals surface area (Å²) < 4.78 is 56.6. The molecule has 1 atom stereocenters. The molecule has 0 fully saturated rings. The van der Waals surface area contributed by atoms with Gasteiger partial charge in [0.25, 0.3) is 11.8 Å². The summed E-state index contributed by atoms with van der Waals surface area (Å²) in [6.45, 7) is 13.5. The fraction of sp³-hybridized carbons (Fsp3) is 0.333. The Balaban J connectivity index is 0.00000116. The summed E-state index contributed by atoms with van der Waals surface area (Å²) in [5.41, 5.74) is 6.58. The zero-order chi connectivity index (χ0) is 34.8. The molecule has 1 aliphatic rings. The lowest BCUT2D eigenvalue weighted by Crippen LogP contribution is -2.43. The van der Waals surface area contributed by atoms with Crippen LogP contribution in [0.4, 0.5) is 18.9 Å². The van der Waals surface area contributed by atoms with Gasteiger partial charge in [0.05, 0.1) is 42.8 Å². The predicted molar refractivity (Wildman–Crippen MR) is 168 cm³/mol. The predicted octanol–water partition coefficient (Wildman–Crippen LogP) is 6.26. The van der Waals surface area contributed by atoms with E-state index in [0.717, 1.165) is 22.6 Å². The Morgan fingerprint density at radius 1 is 1.04 bits per heavy atom. The van der Waals surface area contributed by atoms with Gasteiger partial charge in [-0.1, -0.05) is 58.9 Å². The summed E-state index contributed by atoms with van der Waals surface area (Å²) in [6, 6.07) is 11.1. The number of ether oxygens (including phenoxy) is 1. The Hall–Kier alpha value is -4.91. The number of rotatable bonds is 5. The van der Waals surface area contributed by atoms with Gasteiger partial charge in [-0.3, -0.25) is 9.78 Å². The van der Waals surface area contributed by atoms with Crippen LogP contribution in [0, 0.1) is 5.82 Å². The molecule has 0 spiro atoms. The molecule has 0 radical (unpaired) electrons. The largest absolute Gasteiger partial charge is 0.495 e. The Morgan fingerprint density at radius 3 is 2.20 bits per heavy atom. The van der Waals surface area contributed by atoms with Crippen molar-refractivity contribution >= 4 is 25.2 Å². The standard InChI is InChI=1S/C29H28F3N5O3.C2H6.2CH2O/c1-28(2,3)27-36-35-25(40-27)19-11-24-20(12-21(19)30)29(31,32)13-22(33)26(38)37(24)15-16-5-7-17(8-6-16)23-10-9-18(39-4)14-34-23;3*1-2/h5-12,14,22H,13,15,33H2,1-4H3;1-2H3;2*1H2. The minimum absolute atomic E-state index is 0.0753. The molecule has 4 aromatic rings. The SMILES string of the molecule is C=O.C=O.CC.COc1ccc(-c2ccc(CN3C(=O)C(N)CC(F)(F)c4cc(F)c(-c5nnc(C(C)(C)C)o5)cc43)cc2)nc1. The maximum absolute atomic E-state index is 15.3. The Kier molecular flexibility index (Phi) is 12.9. The molecule has 13 heteroatoms. The lowest BCUT2D eigenvalue weighted by molar-refractivity contribution is -0.122. The van der Waals surface area contributed by atoms with Gasteiger partial charge in [0.1, 0.15) is 25.1 Å². The summed E-state index contributed by atoms with van der Waals surface area (Å²) in [5, 5.41) is 7.91. The maximum Gasteiger partial charge on any atom is 0.277 e. The van der Waals surface area contributed by atoms with Crippen LogP contribution in [-0.4, -0.2) is 47.8 Å². The summed E-state index contributed by atoms with van der Waals surface area (Å²) in [7, 11) is 1.55. The van der Waals surface area contributed by atoms with Crippen molar-refractivity contribution < 1.29 is 36.7 Å². The number of nitrogens with two attached hydrogens (primary N) is 1. The third-order valence-electron chi connectivity index (χ3n) is 6.69. The number of alkyl halides is 2. The van der Waals surface area contributed by atoms with E-state index in [-0.39, 0.29) is 29.6 Å². The number of carbonyl (C=O) groups is 3. The molecule has 2 aromatic carbocycles. The van der Waals surface area contributed by atoms with Gasteiger partial charge in [0, 0.05) is 23.0 Å². The molecule has 1 aliphatic heterocycles. The van der Waals surface area contributed by atoms with Crippen molar-refractivity contribution in [2.45, 2.75) is 65.0 Å². The van der Waals surface area contributed by atoms with Crippen molar-refractivity contribution in [3.8, 4) is 28.5 Å². The average Bonchev–Trinajstić information content (AvgIpc) is 3.55. The van der Waals surface area contributed by atoms with Gasteiger partial charge in [-0.15, -0.1) is 10.2 Å². The molecule has 2 aromatic heterocycles. The first-order valence-corrected chi connectivity index (χ1v) is 14.2. The zero-order valence-electron chi connectivity index (χ0n) is 26.6.